The number of carbonyl (C=O) groups excluding carboxylic acids is 1. The zero-order valence-corrected chi connectivity index (χ0v) is 16.2. The molecular formula is C18H17N5O2S2. The Morgan fingerprint density at radius 1 is 1.33 bits per heavy atom. The maximum Gasteiger partial charge on any atom is 0.271 e. The number of aromatic nitrogens is 4. The summed E-state index contributed by atoms with van der Waals surface area (Å²) in [6.45, 7) is 0. The number of thioether (sulfide) groups is 1. The summed E-state index contributed by atoms with van der Waals surface area (Å²) in [5, 5.41) is 14.0. The molecule has 138 valence electrons. The molecule has 1 N–H and O–H groups in total. The number of nitrogens with zero attached hydrogens (tertiary/aromatic N) is 4. The van der Waals surface area contributed by atoms with Gasteiger partial charge in [0.2, 0.25) is 0 Å². The minimum atomic E-state index is -0.254. The summed E-state index contributed by atoms with van der Waals surface area (Å²) in [7, 11) is 0. The summed E-state index contributed by atoms with van der Waals surface area (Å²) >= 11 is 3.10. The first-order chi connectivity index (χ1) is 13.3. The lowest BCUT2D eigenvalue weighted by Crippen LogP contribution is -2.30. The first-order valence-electron chi connectivity index (χ1n) is 8.35. The van der Waals surface area contributed by atoms with Crippen molar-refractivity contribution in [2.75, 3.05) is 12.0 Å². The van der Waals surface area contributed by atoms with Gasteiger partial charge < -0.3 is 9.73 Å². The zero-order chi connectivity index (χ0) is 18.6. The van der Waals surface area contributed by atoms with E-state index in [-0.39, 0.29) is 11.9 Å². The number of fused-ring (bicyclic) bond motifs is 1. The highest BCUT2D eigenvalue weighted by Gasteiger charge is 2.22. The minimum absolute atomic E-state index is 0.233. The predicted molar refractivity (Wildman–Crippen MR) is 106 cm³/mol. The van der Waals surface area contributed by atoms with Crippen molar-refractivity contribution in [1.29, 1.82) is 0 Å². The smallest absolute Gasteiger partial charge is 0.271 e. The Balaban J connectivity index is 1.57. The molecule has 4 heterocycles. The molecule has 1 unspecified atom stereocenters. The van der Waals surface area contributed by atoms with E-state index in [9.17, 15) is 4.79 Å². The predicted octanol–water partition coefficient (Wildman–Crippen LogP) is 3.67. The zero-order valence-electron chi connectivity index (χ0n) is 14.5. The Morgan fingerprint density at radius 2 is 2.26 bits per heavy atom. The Morgan fingerprint density at radius 3 is 3.07 bits per heavy atom. The number of thiazole rings is 1. The Hall–Kier alpha value is -2.65. The van der Waals surface area contributed by atoms with Crippen LogP contribution in [-0.4, -0.2) is 37.5 Å². The number of hydrogen-bond acceptors (Lipinski definition) is 7. The van der Waals surface area contributed by atoms with E-state index in [0.29, 0.717) is 16.5 Å². The second-order valence-electron chi connectivity index (χ2n) is 5.81. The van der Waals surface area contributed by atoms with Gasteiger partial charge in [0, 0.05) is 11.6 Å². The van der Waals surface area contributed by atoms with Crippen molar-refractivity contribution in [1.82, 2.24) is 24.9 Å². The normalized spacial score (nSPS) is 12.3. The van der Waals surface area contributed by atoms with Crippen molar-refractivity contribution in [2.45, 2.75) is 12.5 Å². The van der Waals surface area contributed by atoms with Gasteiger partial charge in [-0.2, -0.15) is 11.8 Å². The molecular weight excluding hydrogens is 382 g/mol. The first-order valence-corrected chi connectivity index (χ1v) is 10.6. The van der Waals surface area contributed by atoms with Crippen molar-refractivity contribution in [3.8, 4) is 10.8 Å². The van der Waals surface area contributed by atoms with E-state index in [2.05, 4.69) is 20.5 Å². The fourth-order valence-electron chi connectivity index (χ4n) is 2.72. The SMILES string of the molecule is CSCCC(NC(=O)c1csc(-c2ccco2)n1)c1nnc2ccccn12. The molecule has 4 aromatic heterocycles. The molecule has 4 aromatic rings. The largest absolute Gasteiger partial charge is 0.462 e. The van der Waals surface area contributed by atoms with Gasteiger partial charge in [0.25, 0.3) is 5.91 Å². The van der Waals surface area contributed by atoms with Crippen LogP contribution in [0.3, 0.4) is 0 Å². The lowest BCUT2D eigenvalue weighted by Gasteiger charge is -2.16. The molecule has 4 rings (SSSR count). The molecule has 1 atom stereocenters. The highest BCUT2D eigenvalue weighted by atomic mass is 32.2. The van der Waals surface area contributed by atoms with E-state index in [1.807, 2.05) is 41.1 Å². The Bertz CT molecular complexity index is 1040. The molecule has 0 saturated carbocycles. The van der Waals surface area contributed by atoms with E-state index >= 15 is 0 Å². The number of pyridine rings is 1. The highest BCUT2D eigenvalue weighted by Crippen LogP contribution is 2.25. The van der Waals surface area contributed by atoms with Gasteiger partial charge in [-0.3, -0.25) is 9.20 Å². The molecule has 0 radical (unpaired) electrons. The van der Waals surface area contributed by atoms with Gasteiger partial charge in [-0.1, -0.05) is 6.07 Å². The van der Waals surface area contributed by atoms with Crippen molar-refractivity contribution in [3.63, 3.8) is 0 Å². The van der Waals surface area contributed by atoms with Crippen molar-refractivity contribution < 1.29 is 9.21 Å². The van der Waals surface area contributed by atoms with E-state index in [0.717, 1.165) is 23.6 Å². The fourth-order valence-corrected chi connectivity index (χ4v) is 3.96. The molecule has 0 aromatic carbocycles. The van der Waals surface area contributed by atoms with Crippen LogP contribution in [0.25, 0.3) is 16.4 Å². The third kappa shape index (κ3) is 3.74. The van der Waals surface area contributed by atoms with Crippen LogP contribution in [0.15, 0.2) is 52.6 Å². The molecule has 0 saturated heterocycles. The summed E-state index contributed by atoms with van der Waals surface area (Å²) in [4.78, 5) is 17.2. The monoisotopic (exact) mass is 399 g/mol. The van der Waals surface area contributed by atoms with Gasteiger partial charge in [0.15, 0.2) is 22.2 Å². The highest BCUT2D eigenvalue weighted by molar-refractivity contribution is 7.98. The van der Waals surface area contributed by atoms with Gasteiger partial charge in [-0.25, -0.2) is 4.98 Å². The van der Waals surface area contributed by atoms with Crippen LogP contribution in [0.2, 0.25) is 0 Å². The van der Waals surface area contributed by atoms with Crippen LogP contribution in [0.5, 0.6) is 0 Å². The molecule has 27 heavy (non-hydrogen) atoms. The van der Waals surface area contributed by atoms with E-state index < -0.39 is 0 Å². The molecule has 0 bridgehead atoms. The van der Waals surface area contributed by atoms with Gasteiger partial charge in [-0.05, 0) is 42.7 Å². The minimum Gasteiger partial charge on any atom is -0.462 e. The number of rotatable bonds is 7. The summed E-state index contributed by atoms with van der Waals surface area (Å²) in [5.41, 5.74) is 1.12. The molecule has 7 nitrogen and oxygen atoms in total. The second kappa shape index (κ2) is 7.93. The van der Waals surface area contributed by atoms with Crippen LogP contribution in [0, 0.1) is 0 Å². The van der Waals surface area contributed by atoms with E-state index in [4.69, 9.17) is 4.42 Å². The van der Waals surface area contributed by atoms with E-state index in [1.165, 1.54) is 11.3 Å². The molecule has 0 spiro atoms. The first kappa shape index (κ1) is 17.7. The van der Waals surface area contributed by atoms with Crippen LogP contribution in [-0.2, 0) is 0 Å². The van der Waals surface area contributed by atoms with Gasteiger partial charge in [0.05, 0.1) is 12.3 Å². The average molecular weight is 400 g/mol. The summed E-state index contributed by atoms with van der Waals surface area (Å²) < 4.78 is 7.25. The molecule has 1 amide bonds. The second-order valence-corrected chi connectivity index (χ2v) is 7.65. The van der Waals surface area contributed by atoms with Gasteiger partial charge in [-0.15, -0.1) is 21.5 Å². The quantitative estimate of drug-likeness (QED) is 0.510. The molecule has 0 aliphatic rings. The number of hydrogen-bond donors (Lipinski definition) is 1. The summed E-state index contributed by atoms with van der Waals surface area (Å²) in [6, 6.07) is 9.09. The van der Waals surface area contributed by atoms with Gasteiger partial charge in [0.1, 0.15) is 5.69 Å². The number of carbonyl (C=O) groups is 1. The van der Waals surface area contributed by atoms with Crippen molar-refractivity contribution in [3.05, 3.63) is 59.7 Å². The number of nitrogens with one attached hydrogen (secondary N) is 1. The average Bonchev–Trinajstić information content (AvgIpc) is 3.44. The maximum absolute atomic E-state index is 12.8. The van der Waals surface area contributed by atoms with Crippen LogP contribution >= 0.6 is 23.1 Å². The van der Waals surface area contributed by atoms with Crippen LogP contribution in [0.1, 0.15) is 28.8 Å². The lowest BCUT2D eigenvalue weighted by molar-refractivity contribution is 0.0929. The Labute approximate surface area is 163 Å². The summed E-state index contributed by atoms with van der Waals surface area (Å²) in [5.74, 6) is 2.03. The fraction of sp³-hybridized carbons (Fsp3) is 0.222. The summed E-state index contributed by atoms with van der Waals surface area (Å²) in [6.07, 6.45) is 6.28. The molecule has 0 aliphatic heterocycles. The molecule has 0 aliphatic carbocycles. The van der Waals surface area contributed by atoms with Crippen LogP contribution in [0.4, 0.5) is 0 Å². The topological polar surface area (TPSA) is 85.3 Å². The third-order valence-corrected chi connectivity index (χ3v) is 5.54. The van der Waals surface area contributed by atoms with E-state index in [1.54, 1.807) is 29.5 Å². The van der Waals surface area contributed by atoms with Gasteiger partial charge >= 0.3 is 0 Å². The Kier molecular flexibility index (Phi) is 5.21. The van der Waals surface area contributed by atoms with Crippen LogP contribution < -0.4 is 5.32 Å². The third-order valence-electron chi connectivity index (χ3n) is 4.04. The lowest BCUT2D eigenvalue weighted by atomic mass is 10.2. The number of amides is 1. The molecule has 9 heteroatoms. The number of furan rings is 1. The standard InChI is InChI=1S/C18H17N5O2S2/c1-26-10-7-12(16-22-21-15-6-2-3-8-23(15)16)19-17(24)13-11-27-18(20-13)14-5-4-9-25-14/h2-6,8-9,11-12H,7,10H2,1H3,(H,19,24). The molecule has 0 fully saturated rings. The van der Waals surface area contributed by atoms with Crippen molar-refractivity contribution in [2.24, 2.45) is 0 Å². The maximum atomic E-state index is 12.8. The van der Waals surface area contributed by atoms with Crippen molar-refractivity contribution >= 4 is 34.7 Å².